The molecular weight excluding hydrogens is 309 g/mol. The van der Waals surface area contributed by atoms with Crippen molar-refractivity contribution < 1.29 is 30.9 Å². The molecule has 0 amide bonds. The van der Waals surface area contributed by atoms with Gasteiger partial charge in [0.05, 0.1) is 0 Å². The van der Waals surface area contributed by atoms with Crippen molar-refractivity contribution >= 4 is 10.1 Å². The van der Waals surface area contributed by atoms with Crippen LogP contribution in [0.2, 0.25) is 0 Å². The molecule has 0 spiro atoms. The third-order valence-corrected chi connectivity index (χ3v) is 2.38. The summed E-state index contributed by atoms with van der Waals surface area (Å²) in [5, 5.41) is 0. The molecule has 0 aliphatic rings. The fourth-order valence-electron chi connectivity index (χ4n) is 0.962. The fourth-order valence-corrected chi connectivity index (χ4v) is 0.962. The van der Waals surface area contributed by atoms with E-state index in [1.54, 1.807) is 0 Å². The minimum Gasteiger partial charge on any atom is -0.741 e. The van der Waals surface area contributed by atoms with E-state index in [0.29, 0.717) is 6.61 Å². The molecule has 1 aromatic carbocycles. The molecule has 0 saturated heterocycles. The molecule has 0 aromatic heterocycles. The highest BCUT2D eigenvalue weighted by Crippen LogP contribution is 2.20. The van der Waals surface area contributed by atoms with Crippen LogP contribution in [0.25, 0.3) is 0 Å². The molecule has 0 bridgehead atoms. The molecule has 1 rings (SSSR count). The Balaban J connectivity index is 0.000000433. The molecule has 1 aromatic rings. The lowest BCUT2D eigenvalue weighted by atomic mass is 9.99. The first kappa shape index (κ1) is 19.8. The Kier molecular flexibility index (Phi) is 7.21. The predicted molar refractivity (Wildman–Crippen MR) is 70.7 cm³/mol. The van der Waals surface area contributed by atoms with Crippen molar-refractivity contribution in [3.8, 4) is 0 Å². The normalized spacial score (nSPS) is 12.3. The summed E-state index contributed by atoms with van der Waals surface area (Å²) in [6.07, 6.45) is 0. The summed E-state index contributed by atoms with van der Waals surface area (Å²) in [5.74, 6) is 0. The maximum absolute atomic E-state index is 10.7. The highest BCUT2D eigenvalue weighted by Gasteiger charge is 2.36. The van der Waals surface area contributed by atoms with Gasteiger partial charge in [0.15, 0.2) is 10.1 Å². The van der Waals surface area contributed by atoms with E-state index < -0.39 is 15.6 Å². The molecule has 0 aliphatic heterocycles. The zero-order valence-electron chi connectivity index (χ0n) is 11.8. The number of ether oxygens (including phenoxy) is 1. The second-order valence-electron chi connectivity index (χ2n) is 5.18. The van der Waals surface area contributed by atoms with Crippen molar-refractivity contribution in [2.45, 2.75) is 32.9 Å². The standard InChI is InChI=1S/C12H17O.CHF3O3S/c1-12(2,3)10-13-9-11-7-5-4-6-8-11;2-1(3,4)8(5,6)7/h4-8,10H,9H2,1-3H3;(H,5,6,7)/q+1;/p-1. The van der Waals surface area contributed by atoms with Crippen molar-refractivity contribution in [3.05, 3.63) is 42.5 Å². The maximum atomic E-state index is 10.7. The SMILES string of the molecule is CC(C)(C)[CH+]OCc1ccccc1.O=S(=O)([O-])C(F)(F)F. The average Bonchev–Trinajstić information content (AvgIpc) is 2.26. The van der Waals surface area contributed by atoms with E-state index in [9.17, 15) is 13.2 Å². The van der Waals surface area contributed by atoms with Gasteiger partial charge in [-0.2, -0.15) is 17.9 Å². The number of rotatable bonds is 3. The molecule has 8 heteroatoms. The Hall–Kier alpha value is -1.25. The lowest BCUT2D eigenvalue weighted by Crippen LogP contribution is -2.21. The summed E-state index contributed by atoms with van der Waals surface area (Å²) < 4.78 is 64.4. The fraction of sp³-hybridized carbons (Fsp3) is 0.462. The molecule has 0 fully saturated rings. The van der Waals surface area contributed by atoms with E-state index in [2.05, 4.69) is 32.9 Å². The molecule has 0 N–H and O–H groups in total. The molecule has 0 unspecified atom stereocenters. The molecule has 21 heavy (non-hydrogen) atoms. The topological polar surface area (TPSA) is 66.4 Å². The van der Waals surface area contributed by atoms with Gasteiger partial charge < -0.3 is 4.55 Å². The Morgan fingerprint density at radius 2 is 1.57 bits per heavy atom. The number of halogens is 3. The van der Waals surface area contributed by atoms with E-state index in [4.69, 9.17) is 17.7 Å². The van der Waals surface area contributed by atoms with Crippen LogP contribution in [-0.2, 0) is 21.5 Å². The molecule has 0 atom stereocenters. The number of hydrogen-bond acceptors (Lipinski definition) is 4. The molecule has 0 saturated carbocycles. The van der Waals surface area contributed by atoms with E-state index in [1.807, 2.05) is 24.8 Å². The Bertz CT molecular complexity index is 504. The molecule has 0 aliphatic carbocycles. The number of benzene rings is 1. The van der Waals surface area contributed by atoms with Crippen LogP contribution >= 0.6 is 0 Å². The number of alkyl halides is 3. The summed E-state index contributed by atoms with van der Waals surface area (Å²) in [6, 6.07) is 10.2. The van der Waals surface area contributed by atoms with Crippen LogP contribution in [0.3, 0.4) is 0 Å². The van der Waals surface area contributed by atoms with Crippen molar-refractivity contribution in [2.75, 3.05) is 0 Å². The van der Waals surface area contributed by atoms with Gasteiger partial charge in [-0.05, 0) is 26.3 Å². The van der Waals surface area contributed by atoms with Crippen molar-refractivity contribution in [1.82, 2.24) is 0 Å². The monoisotopic (exact) mass is 326 g/mol. The van der Waals surface area contributed by atoms with Gasteiger partial charge in [-0.25, -0.2) is 8.42 Å². The first-order valence-electron chi connectivity index (χ1n) is 5.85. The third-order valence-electron chi connectivity index (χ3n) is 1.81. The molecule has 0 heterocycles. The van der Waals surface area contributed by atoms with Crippen molar-refractivity contribution in [1.29, 1.82) is 0 Å². The zero-order valence-corrected chi connectivity index (χ0v) is 12.7. The highest BCUT2D eigenvalue weighted by molar-refractivity contribution is 7.86. The number of hydrogen-bond donors (Lipinski definition) is 0. The Labute approximate surface area is 122 Å². The van der Waals surface area contributed by atoms with E-state index in [-0.39, 0.29) is 5.41 Å². The minimum atomic E-state index is -6.09. The zero-order chi connectivity index (χ0) is 16.7. The molecular formula is C13H17F3O4S. The third kappa shape index (κ3) is 10.2. The first-order chi connectivity index (χ1) is 9.33. The average molecular weight is 326 g/mol. The lowest BCUT2D eigenvalue weighted by Gasteiger charge is -2.08. The summed E-state index contributed by atoms with van der Waals surface area (Å²) >= 11 is 0. The quantitative estimate of drug-likeness (QED) is 0.485. The van der Waals surface area contributed by atoms with Crippen LogP contribution < -0.4 is 0 Å². The van der Waals surface area contributed by atoms with Gasteiger partial charge in [-0.1, -0.05) is 30.3 Å². The maximum Gasteiger partial charge on any atom is 0.485 e. The molecule has 0 radical (unpaired) electrons. The van der Waals surface area contributed by atoms with Crippen LogP contribution in [0.4, 0.5) is 13.2 Å². The summed E-state index contributed by atoms with van der Waals surface area (Å²) in [5.41, 5.74) is -4.30. The Morgan fingerprint density at radius 1 is 1.14 bits per heavy atom. The highest BCUT2D eigenvalue weighted by atomic mass is 32.2. The summed E-state index contributed by atoms with van der Waals surface area (Å²) in [7, 11) is -6.09. The van der Waals surface area contributed by atoms with E-state index in [0.717, 1.165) is 0 Å². The van der Waals surface area contributed by atoms with Crippen LogP contribution in [0.5, 0.6) is 0 Å². The van der Waals surface area contributed by atoms with Gasteiger partial charge in [-0.15, -0.1) is 0 Å². The van der Waals surface area contributed by atoms with Gasteiger partial charge in [0, 0.05) is 0 Å². The Morgan fingerprint density at radius 3 is 1.90 bits per heavy atom. The van der Waals surface area contributed by atoms with E-state index >= 15 is 0 Å². The van der Waals surface area contributed by atoms with Crippen LogP contribution in [0, 0.1) is 12.0 Å². The largest absolute Gasteiger partial charge is 0.741 e. The van der Waals surface area contributed by atoms with Crippen LogP contribution in [0.15, 0.2) is 30.3 Å². The summed E-state index contributed by atoms with van der Waals surface area (Å²) in [6.45, 7) is 8.92. The van der Waals surface area contributed by atoms with Gasteiger partial charge in [0.1, 0.15) is 12.0 Å². The summed E-state index contributed by atoms with van der Waals surface area (Å²) in [4.78, 5) is 0. The predicted octanol–water partition coefficient (Wildman–Crippen LogP) is 3.46. The van der Waals surface area contributed by atoms with Gasteiger partial charge in [0.25, 0.3) is 0 Å². The van der Waals surface area contributed by atoms with Gasteiger partial charge in [-0.3, -0.25) is 0 Å². The second kappa shape index (κ2) is 7.67. The molecule has 120 valence electrons. The smallest absolute Gasteiger partial charge is 0.485 e. The van der Waals surface area contributed by atoms with Gasteiger partial charge >= 0.3 is 5.51 Å². The van der Waals surface area contributed by atoms with E-state index in [1.165, 1.54) is 5.56 Å². The van der Waals surface area contributed by atoms with Crippen LogP contribution in [0.1, 0.15) is 26.3 Å². The van der Waals surface area contributed by atoms with Gasteiger partial charge in [0.2, 0.25) is 6.61 Å². The van der Waals surface area contributed by atoms with Crippen LogP contribution in [-0.4, -0.2) is 18.5 Å². The second-order valence-corrected chi connectivity index (χ2v) is 6.55. The van der Waals surface area contributed by atoms with Crippen molar-refractivity contribution in [2.24, 2.45) is 5.41 Å². The lowest BCUT2D eigenvalue weighted by molar-refractivity contribution is -0.0517. The van der Waals surface area contributed by atoms with Crippen molar-refractivity contribution in [3.63, 3.8) is 0 Å². The minimum absolute atomic E-state index is 0.134. The molecule has 4 nitrogen and oxygen atoms in total. The first-order valence-corrected chi connectivity index (χ1v) is 7.26.